The molecule has 0 aliphatic rings. The van der Waals surface area contributed by atoms with Crippen LogP contribution in [0.3, 0.4) is 0 Å². The third-order valence-corrected chi connectivity index (χ3v) is 2.81. The van der Waals surface area contributed by atoms with Crippen LogP contribution in [-0.4, -0.2) is 22.6 Å². The lowest BCUT2D eigenvalue weighted by Crippen LogP contribution is -3.00. The van der Waals surface area contributed by atoms with E-state index in [0.717, 1.165) is 6.07 Å². The Morgan fingerprint density at radius 2 is 1.96 bits per heavy atom. The second-order valence-corrected chi connectivity index (χ2v) is 4.54. The van der Waals surface area contributed by atoms with Gasteiger partial charge in [-0.15, -0.1) is 0 Å². The van der Waals surface area contributed by atoms with Gasteiger partial charge in [-0.3, -0.25) is 9.78 Å². The van der Waals surface area contributed by atoms with Crippen molar-refractivity contribution >= 4 is 23.2 Å². The zero-order valence-electron chi connectivity index (χ0n) is 11.3. The van der Waals surface area contributed by atoms with Gasteiger partial charge < -0.3 is 22.5 Å². The van der Waals surface area contributed by atoms with Crippen molar-refractivity contribution in [2.75, 3.05) is 5.32 Å². The second-order valence-electron chi connectivity index (χ2n) is 4.16. The Balaban J connectivity index is 0.00000264. The molecule has 0 fully saturated rings. The van der Waals surface area contributed by atoms with Gasteiger partial charge >= 0.3 is 6.11 Å². The van der Waals surface area contributed by atoms with E-state index >= 15 is 0 Å². The van der Waals surface area contributed by atoms with Gasteiger partial charge in [-0.1, -0.05) is 23.7 Å². The van der Waals surface area contributed by atoms with Gasteiger partial charge in [0.05, 0.1) is 11.3 Å². The minimum Gasteiger partial charge on any atom is -1.00 e. The van der Waals surface area contributed by atoms with Crippen LogP contribution in [0.15, 0.2) is 48.8 Å². The van der Waals surface area contributed by atoms with Crippen LogP contribution in [0.2, 0.25) is 0 Å². The highest BCUT2D eigenvalue weighted by atomic mass is 35.5. The molecule has 2 rings (SSSR count). The van der Waals surface area contributed by atoms with Crippen molar-refractivity contribution in [3.8, 4) is 5.75 Å². The molecular formula is C14H10Cl2F3N2O2-. The standard InChI is InChI=1S/C14H10ClF3N2O2.ClH/c15-13(16)14(17,18)22-11-6-2-1-5-10(11)20-12(21)9-4-3-7-19-8-9;/h1-8,13H,(H,20,21);1H/p-1. The van der Waals surface area contributed by atoms with Crippen molar-refractivity contribution in [2.45, 2.75) is 11.7 Å². The molecule has 0 spiro atoms. The maximum absolute atomic E-state index is 13.2. The molecule has 0 aliphatic carbocycles. The number of hydrogen-bond donors (Lipinski definition) is 1. The molecule has 0 saturated carbocycles. The van der Waals surface area contributed by atoms with Crippen LogP contribution in [0.5, 0.6) is 5.75 Å². The number of alkyl halides is 4. The molecule has 1 N–H and O–H groups in total. The predicted octanol–water partition coefficient (Wildman–Crippen LogP) is 0.844. The highest BCUT2D eigenvalue weighted by molar-refractivity contribution is 6.20. The molecule has 124 valence electrons. The van der Waals surface area contributed by atoms with Crippen LogP contribution in [0.4, 0.5) is 18.9 Å². The zero-order chi connectivity index (χ0) is 16.2. The SMILES string of the molecule is O=C(Nc1ccccc1OC(F)(F)C(F)Cl)c1cccnc1.[Cl-]. The Kier molecular flexibility index (Phi) is 6.65. The molecule has 1 aromatic carbocycles. The summed E-state index contributed by atoms with van der Waals surface area (Å²) in [5.41, 5.74) is -2.84. The average molecular weight is 366 g/mol. The third-order valence-electron chi connectivity index (χ3n) is 2.56. The van der Waals surface area contributed by atoms with Gasteiger partial charge in [0, 0.05) is 12.4 Å². The van der Waals surface area contributed by atoms with Gasteiger partial charge in [-0.05, 0) is 24.3 Å². The summed E-state index contributed by atoms with van der Waals surface area (Å²) in [7, 11) is 0. The highest BCUT2D eigenvalue weighted by Crippen LogP contribution is 2.33. The molecule has 4 nitrogen and oxygen atoms in total. The monoisotopic (exact) mass is 365 g/mol. The Labute approximate surface area is 141 Å². The molecule has 1 atom stereocenters. The number of para-hydroxylation sites is 2. The van der Waals surface area contributed by atoms with E-state index in [4.69, 9.17) is 11.6 Å². The van der Waals surface area contributed by atoms with Crippen LogP contribution in [-0.2, 0) is 0 Å². The number of carbonyl (C=O) groups is 1. The number of hydrogen-bond acceptors (Lipinski definition) is 3. The molecule has 0 bridgehead atoms. The van der Waals surface area contributed by atoms with Crippen molar-refractivity contribution in [2.24, 2.45) is 0 Å². The largest absolute Gasteiger partial charge is 1.00 e. The minimum absolute atomic E-state index is 0. The summed E-state index contributed by atoms with van der Waals surface area (Å²) in [6.45, 7) is 0. The number of nitrogens with one attached hydrogen (secondary N) is 1. The Bertz CT molecular complexity index is 657. The number of amides is 1. The summed E-state index contributed by atoms with van der Waals surface area (Å²) in [6.07, 6.45) is -1.43. The number of pyridine rings is 1. The first-order valence-electron chi connectivity index (χ1n) is 6.05. The molecule has 1 unspecified atom stereocenters. The van der Waals surface area contributed by atoms with Crippen LogP contribution >= 0.6 is 11.6 Å². The smallest absolute Gasteiger partial charge is 0.444 e. The van der Waals surface area contributed by atoms with Crippen molar-refractivity contribution < 1.29 is 35.1 Å². The fourth-order valence-electron chi connectivity index (χ4n) is 1.54. The number of rotatable bonds is 5. The van der Waals surface area contributed by atoms with Gasteiger partial charge in [0.2, 0.25) is 0 Å². The number of benzene rings is 1. The van der Waals surface area contributed by atoms with E-state index in [9.17, 15) is 18.0 Å². The maximum atomic E-state index is 13.2. The fourth-order valence-corrected chi connectivity index (χ4v) is 1.59. The van der Waals surface area contributed by atoms with E-state index in [2.05, 4.69) is 15.0 Å². The molecule has 0 saturated heterocycles. The van der Waals surface area contributed by atoms with Crippen molar-refractivity contribution in [3.05, 3.63) is 54.4 Å². The van der Waals surface area contributed by atoms with E-state index in [0.29, 0.717) is 0 Å². The van der Waals surface area contributed by atoms with E-state index in [1.165, 1.54) is 36.7 Å². The quantitative estimate of drug-likeness (QED) is 0.799. The maximum Gasteiger partial charge on any atom is 0.444 e. The average Bonchev–Trinajstić information content (AvgIpc) is 2.49. The third kappa shape index (κ3) is 5.01. The van der Waals surface area contributed by atoms with Gasteiger partial charge in [-0.2, -0.15) is 8.78 Å². The van der Waals surface area contributed by atoms with Crippen LogP contribution in [0.25, 0.3) is 0 Å². The lowest BCUT2D eigenvalue weighted by molar-refractivity contribution is -0.198. The molecule has 1 amide bonds. The zero-order valence-corrected chi connectivity index (χ0v) is 12.9. The van der Waals surface area contributed by atoms with Crippen LogP contribution < -0.4 is 22.5 Å². The highest BCUT2D eigenvalue weighted by Gasteiger charge is 2.42. The summed E-state index contributed by atoms with van der Waals surface area (Å²) in [6, 6.07) is 8.43. The van der Waals surface area contributed by atoms with Gasteiger partial charge in [0.15, 0.2) is 0 Å². The lowest BCUT2D eigenvalue weighted by Gasteiger charge is -2.19. The van der Waals surface area contributed by atoms with E-state index in [1.807, 2.05) is 0 Å². The Hall–Kier alpha value is -1.99. The fraction of sp³-hybridized carbons (Fsp3) is 0.143. The van der Waals surface area contributed by atoms with Crippen LogP contribution in [0, 0.1) is 0 Å². The molecule has 0 aliphatic heterocycles. The first kappa shape index (κ1) is 19.1. The molecule has 9 heteroatoms. The van der Waals surface area contributed by atoms with Crippen molar-refractivity contribution in [1.82, 2.24) is 4.98 Å². The molecule has 2 aromatic rings. The van der Waals surface area contributed by atoms with Crippen LogP contribution in [0.1, 0.15) is 10.4 Å². The van der Waals surface area contributed by atoms with Gasteiger partial charge in [0.25, 0.3) is 11.5 Å². The summed E-state index contributed by atoms with van der Waals surface area (Å²) < 4.78 is 43.3. The molecule has 1 aromatic heterocycles. The van der Waals surface area contributed by atoms with E-state index in [1.54, 1.807) is 6.07 Å². The number of carbonyl (C=O) groups excluding carboxylic acids is 1. The summed E-state index contributed by atoms with van der Waals surface area (Å²) in [4.78, 5) is 15.7. The molecule has 1 heterocycles. The predicted molar refractivity (Wildman–Crippen MR) is 75.0 cm³/mol. The van der Waals surface area contributed by atoms with E-state index in [-0.39, 0.29) is 23.7 Å². The van der Waals surface area contributed by atoms with Crippen molar-refractivity contribution in [3.63, 3.8) is 0 Å². The minimum atomic E-state index is -4.23. The number of ether oxygens (including phenoxy) is 1. The number of anilines is 1. The number of aromatic nitrogens is 1. The normalized spacial score (nSPS) is 12.0. The molecule has 0 radical (unpaired) electrons. The van der Waals surface area contributed by atoms with Crippen molar-refractivity contribution in [1.29, 1.82) is 0 Å². The van der Waals surface area contributed by atoms with E-state index < -0.39 is 23.4 Å². The molecular weight excluding hydrogens is 356 g/mol. The number of halogens is 5. The Morgan fingerprint density at radius 3 is 2.57 bits per heavy atom. The first-order chi connectivity index (χ1) is 10.4. The summed E-state index contributed by atoms with van der Waals surface area (Å²) >= 11 is 4.74. The first-order valence-corrected chi connectivity index (χ1v) is 6.49. The topological polar surface area (TPSA) is 51.2 Å². The Morgan fingerprint density at radius 1 is 1.26 bits per heavy atom. The second kappa shape index (κ2) is 8.03. The van der Waals surface area contributed by atoms with Gasteiger partial charge in [-0.25, -0.2) is 4.39 Å². The van der Waals surface area contributed by atoms with Gasteiger partial charge in [0.1, 0.15) is 5.75 Å². The summed E-state index contributed by atoms with van der Waals surface area (Å²) in [5, 5.41) is 2.39. The lowest BCUT2D eigenvalue weighted by atomic mass is 10.2. The molecule has 23 heavy (non-hydrogen) atoms. The number of nitrogens with zero attached hydrogens (tertiary/aromatic N) is 1. The summed E-state index contributed by atoms with van der Waals surface area (Å²) in [5.74, 6) is -0.983.